The van der Waals surface area contributed by atoms with Crippen molar-refractivity contribution in [2.24, 2.45) is 27.7 Å². The predicted molar refractivity (Wildman–Crippen MR) is 316 cm³/mol. The van der Waals surface area contributed by atoms with Crippen LogP contribution in [0.5, 0.6) is 28.7 Å². The van der Waals surface area contributed by atoms with E-state index < -0.39 is 17.9 Å². The molecule has 4 heterocycles. The summed E-state index contributed by atoms with van der Waals surface area (Å²) < 4.78 is 28.9. The zero-order valence-electron chi connectivity index (χ0n) is 48.4. The monoisotopic (exact) mass is 1130 g/mol. The minimum absolute atomic E-state index is 0.104. The molecule has 4 atom stereocenters. The molecule has 0 bridgehead atoms. The molecule has 0 aliphatic carbocycles. The second-order valence-corrected chi connectivity index (χ2v) is 21.6. The van der Waals surface area contributed by atoms with Crippen molar-refractivity contribution < 1.29 is 57.2 Å². The Balaban J connectivity index is 0.775. The van der Waals surface area contributed by atoms with Gasteiger partial charge in [-0.2, -0.15) is 0 Å². The number of nitrogens with zero attached hydrogens (tertiary/aromatic N) is 5. The summed E-state index contributed by atoms with van der Waals surface area (Å²) in [5.41, 5.74) is 6.15. The number of fused-ring (bicyclic) bond motifs is 2. The summed E-state index contributed by atoms with van der Waals surface area (Å²) in [4.78, 5) is 104. The van der Waals surface area contributed by atoms with Gasteiger partial charge in [0.25, 0.3) is 5.91 Å². The van der Waals surface area contributed by atoms with E-state index in [0.717, 1.165) is 34.3 Å². The van der Waals surface area contributed by atoms with E-state index in [1.165, 1.54) is 19.1 Å². The Morgan fingerprint density at radius 1 is 0.759 bits per heavy atom. The van der Waals surface area contributed by atoms with Gasteiger partial charge in [-0.05, 0) is 89.8 Å². The molecular weight excluding hydrogens is 1060 g/mol. The lowest BCUT2D eigenvalue weighted by atomic mass is 9.94. The first-order valence-corrected chi connectivity index (χ1v) is 28.1. The van der Waals surface area contributed by atoms with Crippen LogP contribution in [0.3, 0.4) is 0 Å². The SMILES string of the molecule is COc1ccc(C2=CN3C(=O)c4cc(OC)c(OCCCOc5cc(N=CC6CC(c7ccc(NC(=O)CNC(=O)C(NC(=O)CCCCCN8C(=O)CC(C(C)C)C8=O)C(C)C)cc7)=CN6C)c(C=O)cc5OC)cc4N=CC3C2)cc1. The number of methoxy groups -OCH3 is 3. The third-order valence-corrected chi connectivity index (χ3v) is 15.2. The summed E-state index contributed by atoms with van der Waals surface area (Å²) in [6.07, 6.45) is 12.1. The van der Waals surface area contributed by atoms with Crippen LogP contribution in [0.15, 0.2) is 95.2 Å². The summed E-state index contributed by atoms with van der Waals surface area (Å²) in [5, 5.41) is 8.26. The molecule has 4 aliphatic rings. The second kappa shape index (κ2) is 27.8. The van der Waals surface area contributed by atoms with Crippen molar-refractivity contribution in [2.45, 2.75) is 97.2 Å². The third kappa shape index (κ3) is 14.8. The first-order chi connectivity index (χ1) is 40.0. The van der Waals surface area contributed by atoms with Crippen LogP contribution < -0.4 is 39.6 Å². The number of amides is 6. The zero-order valence-corrected chi connectivity index (χ0v) is 48.4. The molecule has 20 nitrogen and oxygen atoms in total. The van der Waals surface area contributed by atoms with Crippen LogP contribution in [0.25, 0.3) is 11.1 Å². The van der Waals surface area contributed by atoms with Crippen LogP contribution in [0.4, 0.5) is 17.1 Å². The summed E-state index contributed by atoms with van der Waals surface area (Å²) in [7, 11) is 6.58. The average Bonchev–Trinajstić information content (AvgIpc) is 4.25. The molecule has 0 saturated carbocycles. The van der Waals surface area contributed by atoms with Gasteiger partial charge < -0.3 is 49.4 Å². The van der Waals surface area contributed by atoms with Crippen LogP contribution in [0.2, 0.25) is 0 Å². The second-order valence-electron chi connectivity index (χ2n) is 21.6. The minimum atomic E-state index is -0.844. The fraction of sp³-hybridized carbons (Fsp3) is 0.413. The number of imide groups is 1. The molecule has 83 heavy (non-hydrogen) atoms. The van der Waals surface area contributed by atoms with E-state index in [1.54, 1.807) is 60.8 Å². The molecule has 0 radical (unpaired) electrons. The lowest BCUT2D eigenvalue weighted by Gasteiger charge is -2.21. The number of aldehydes is 1. The zero-order chi connectivity index (χ0) is 59.3. The van der Waals surface area contributed by atoms with E-state index in [-0.39, 0.29) is 86.1 Å². The molecule has 0 spiro atoms. The normalized spacial score (nSPS) is 17.7. The average molecular weight is 1140 g/mol. The molecule has 3 N–H and O–H groups in total. The van der Waals surface area contributed by atoms with E-state index in [0.29, 0.717) is 96.3 Å². The van der Waals surface area contributed by atoms with Gasteiger partial charge >= 0.3 is 0 Å². The molecule has 438 valence electrons. The highest BCUT2D eigenvalue weighted by Gasteiger charge is 2.40. The molecule has 8 rings (SSSR count). The number of ether oxygens (including phenoxy) is 5. The van der Waals surface area contributed by atoms with Crippen LogP contribution >= 0.6 is 0 Å². The summed E-state index contributed by atoms with van der Waals surface area (Å²) >= 11 is 0. The van der Waals surface area contributed by atoms with Gasteiger partial charge in [0.2, 0.25) is 29.5 Å². The number of unbranched alkanes of at least 4 members (excludes halogenated alkanes) is 2. The van der Waals surface area contributed by atoms with Crippen molar-refractivity contribution in [1.29, 1.82) is 0 Å². The number of rotatable bonds is 27. The van der Waals surface area contributed by atoms with Crippen molar-refractivity contribution in [3.8, 4) is 28.7 Å². The van der Waals surface area contributed by atoms with Gasteiger partial charge in [-0.1, -0.05) is 58.4 Å². The molecule has 6 amide bonds. The van der Waals surface area contributed by atoms with E-state index in [2.05, 4.69) is 16.0 Å². The Hall–Kier alpha value is -8.81. The van der Waals surface area contributed by atoms with Gasteiger partial charge in [-0.15, -0.1) is 0 Å². The fourth-order valence-electron chi connectivity index (χ4n) is 10.4. The molecule has 20 heteroatoms. The number of aliphatic imine (C=N–C) groups is 2. The van der Waals surface area contributed by atoms with Gasteiger partial charge in [0.1, 0.15) is 11.8 Å². The summed E-state index contributed by atoms with van der Waals surface area (Å²) in [6, 6.07) is 20.5. The number of carbonyl (C=O) groups is 7. The van der Waals surface area contributed by atoms with Gasteiger partial charge in [-0.3, -0.25) is 48.4 Å². The van der Waals surface area contributed by atoms with Gasteiger partial charge in [0, 0.05) is 93.4 Å². The lowest BCUT2D eigenvalue weighted by Crippen LogP contribution is -2.51. The van der Waals surface area contributed by atoms with Crippen molar-refractivity contribution >= 4 is 82.4 Å². The molecule has 4 aromatic carbocycles. The smallest absolute Gasteiger partial charge is 0.260 e. The molecule has 0 aromatic heterocycles. The molecular formula is C63H74N8O12. The molecule has 4 unspecified atom stereocenters. The van der Waals surface area contributed by atoms with Crippen LogP contribution in [-0.4, -0.2) is 142 Å². The first-order valence-electron chi connectivity index (χ1n) is 28.1. The van der Waals surface area contributed by atoms with Gasteiger partial charge in [0.15, 0.2) is 29.3 Å². The van der Waals surface area contributed by atoms with Gasteiger partial charge in [0.05, 0.1) is 70.1 Å². The number of benzene rings is 4. The predicted octanol–water partition coefficient (Wildman–Crippen LogP) is 8.58. The molecule has 4 aliphatic heterocycles. The first kappa shape index (κ1) is 60.3. The number of likely N-dealkylation sites (tertiary alicyclic amines) is 1. The topological polar surface area (TPSA) is 236 Å². The van der Waals surface area contributed by atoms with Crippen molar-refractivity contribution in [2.75, 3.05) is 60.0 Å². The fourth-order valence-corrected chi connectivity index (χ4v) is 10.4. The number of hydrogen-bond donors (Lipinski definition) is 3. The number of hydrogen-bond acceptors (Lipinski definition) is 15. The Labute approximate surface area is 484 Å². The van der Waals surface area contributed by atoms with Crippen LogP contribution in [0.1, 0.15) is 111 Å². The molecule has 1 saturated heterocycles. The van der Waals surface area contributed by atoms with Crippen molar-refractivity contribution in [1.82, 2.24) is 25.3 Å². The number of anilines is 1. The lowest BCUT2D eigenvalue weighted by molar-refractivity contribution is -0.140. The largest absolute Gasteiger partial charge is 0.497 e. The highest BCUT2D eigenvalue weighted by atomic mass is 16.5. The van der Waals surface area contributed by atoms with Gasteiger partial charge in [-0.25, -0.2) is 0 Å². The minimum Gasteiger partial charge on any atom is -0.497 e. The summed E-state index contributed by atoms with van der Waals surface area (Å²) in [6.45, 7) is 8.02. The number of nitrogens with one attached hydrogen (secondary N) is 3. The van der Waals surface area contributed by atoms with Crippen LogP contribution in [-0.2, 0) is 24.0 Å². The van der Waals surface area contributed by atoms with Crippen molar-refractivity contribution in [3.63, 3.8) is 0 Å². The highest BCUT2D eigenvalue weighted by Crippen LogP contribution is 2.41. The van der Waals surface area contributed by atoms with E-state index in [1.807, 2.05) is 88.4 Å². The summed E-state index contributed by atoms with van der Waals surface area (Å²) in [5.74, 6) is 0.306. The standard InChI is InChI=1S/C63H74N8O12/c1-38(2)49-29-59(75)70(62(49)77)22-11-9-10-13-57(73)68-60(39(3)4)61(76)66-34-58(74)67-45-18-14-40(15-19-45)42-25-46(69(5)35-42)32-64-51-30-55(53(80-7)27-44(51)37-72)82-23-12-24-83-56-31-52-50(28-54(56)81-8)63(78)71-36-43(26-47(71)33-65-52)41-16-20-48(79-6)21-17-41/h14-21,27-28,30-33,35-39,46-47,49,60H,9-13,22-26,29,34H2,1-8H3,(H,66,76)(H,67,74)(H,68,73). The number of carbonyl (C=O) groups excluding carboxylic acids is 7. The Morgan fingerprint density at radius 3 is 2.08 bits per heavy atom. The Kier molecular flexibility index (Phi) is 20.2. The Morgan fingerprint density at radius 2 is 1.43 bits per heavy atom. The van der Waals surface area contributed by atoms with E-state index in [9.17, 15) is 33.6 Å². The maximum absolute atomic E-state index is 13.9. The maximum atomic E-state index is 13.9. The van der Waals surface area contributed by atoms with Crippen LogP contribution in [0, 0.1) is 17.8 Å². The third-order valence-electron chi connectivity index (χ3n) is 15.2. The van der Waals surface area contributed by atoms with E-state index in [4.69, 9.17) is 33.7 Å². The maximum Gasteiger partial charge on any atom is 0.260 e. The van der Waals surface area contributed by atoms with Crippen molar-refractivity contribution in [3.05, 3.63) is 107 Å². The quantitative estimate of drug-likeness (QED) is 0.0220. The molecule has 4 aromatic rings. The molecule has 1 fully saturated rings. The highest BCUT2D eigenvalue weighted by molar-refractivity contribution is 6.06. The Bertz CT molecular complexity index is 3190. The van der Waals surface area contributed by atoms with E-state index >= 15 is 0 Å².